The largest absolute Gasteiger partial charge is 0.329 e. The van der Waals surface area contributed by atoms with Crippen molar-refractivity contribution in [3.05, 3.63) is 59.0 Å². The lowest BCUT2D eigenvalue weighted by Gasteiger charge is -2.06. The number of pyridine rings is 1. The van der Waals surface area contributed by atoms with Crippen LogP contribution in [-0.4, -0.2) is 11.0 Å². The molecule has 0 bridgehead atoms. The van der Waals surface area contributed by atoms with Crippen LogP contribution >= 0.6 is 0 Å². The number of carbonyl (C=O) groups excluding carboxylic acids is 1. The van der Waals surface area contributed by atoms with Crippen molar-refractivity contribution < 1.29 is 4.79 Å². The van der Waals surface area contributed by atoms with Gasteiger partial charge >= 0.3 is 6.03 Å². The molecule has 0 fully saturated rings. The summed E-state index contributed by atoms with van der Waals surface area (Å²) in [6, 6.07) is 11.6. The normalized spacial score (nSPS) is 9.65. The number of hydrogen-bond donors (Lipinski definition) is 3. The van der Waals surface area contributed by atoms with Crippen molar-refractivity contribution in [2.75, 3.05) is 10.6 Å². The molecule has 1 aromatic carbocycles. The molecule has 0 aliphatic carbocycles. The summed E-state index contributed by atoms with van der Waals surface area (Å²) in [5, 5.41) is 5.21. The summed E-state index contributed by atoms with van der Waals surface area (Å²) in [4.78, 5) is 25.0. The number of rotatable bonds is 2. The molecule has 5 nitrogen and oxygen atoms in total. The van der Waals surface area contributed by atoms with Crippen LogP contribution in [0.1, 0.15) is 0 Å². The number of anilines is 2. The molecule has 0 aliphatic rings. The Morgan fingerprint density at radius 1 is 1.00 bits per heavy atom. The fourth-order valence-corrected chi connectivity index (χ4v) is 1.34. The second kappa shape index (κ2) is 4.98. The first-order chi connectivity index (χ1) is 8.24. The first kappa shape index (κ1) is 10.9. The number of urea groups is 1. The zero-order valence-corrected chi connectivity index (χ0v) is 8.94. The molecule has 0 saturated carbocycles. The lowest BCUT2D eigenvalue weighted by atomic mass is 10.3. The summed E-state index contributed by atoms with van der Waals surface area (Å²) in [7, 11) is 0. The van der Waals surface area contributed by atoms with E-state index in [-0.39, 0.29) is 11.6 Å². The average Bonchev–Trinajstić information content (AvgIpc) is 2.30. The van der Waals surface area contributed by atoms with Gasteiger partial charge in [-0.3, -0.25) is 4.79 Å². The monoisotopic (exact) mass is 229 g/mol. The predicted octanol–water partition coefficient (Wildman–Crippen LogP) is 2.02. The van der Waals surface area contributed by atoms with Crippen molar-refractivity contribution in [2.24, 2.45) is 0 Å². The van der Waals surface area contributed by atoms with Crippen molar-refractivity contribution in [3.8, 4) is 0 Å². The van der Waals surface area contributed by atoms with Crippen LogP contribution in [-0.2, 0) is 0 Å². The number of carbonyl (C=O) groups is 1. The van der Waals surface area contributed by atoms with Crippen LogP contribution < -0.4 is 16.2 Å². The van der Waals surface area contributed by atoms with E-state index in [9.17, 15) is 9.59 Å². The quantitative estimate of drug-likeness (QED) is 0.737. The highest BCUT2D eigenvalue weighted by atomic mass is 16.2. The highest BCUT2D eigenvalue weighted by molar-refractivity contribution is 5.99. The SMILES string of the molecule is O=C(Nc1ccccc1)Nc1cc[nH]c(=O)c1. The molecule has 1 aromatic heterocycles. The molecular formula is C12H11N3O2. The predicted molar refractivity (Wildman–Crippen MR) is 66.1 cm³/mol. The number of aromatic nitrogens is 1. The molecule has 3 N–H and O–H groups in total. The van der Waals surface area contributed by atoms with Gasteiger partial charge in [0, 0.05) is 23.6 Å². The molecule has 2 amide bonds. The van der Waals surface area contributed by atoms with Gasteiger partial charge in [-0.1, -0.05) is 18.2 Å². The van der Waals surface area contributed by atoms with Crippen LogP contribution in [0.15, 0.2) is 53.5 Å². The molecule has 86 valence electrons. The molecule has 0 aliphatic heterocycles. The number of H-pyrrole nitrogens is 1. The molecule has 2 rings (SSSR count). The number of hydrogen-bond acceptors (Lipinski definition) is 2. The fraction of sp³-hybridized carbons (Fsp3) is 0. The third kappa shape index (κ3) is 3.20. The Bertz CT molecular complexity index is 563. The molecule has 17 heavy (non-hydrogen) atoms. The van der Waals surface area contributed by atoms with E-state index in [0.717, 1.165) is 0 Å². The fourth-order valence-electron chi connectivity index (χ4n) is 1.34. The van der Waals surface area contributed by atoms with E-state index in [0.29, 0.717) is 11.4 Å². The third-order valence-electron chi connectivity index (χ3n) is 2.06. The summed E-state index contributed by atoms with van der Waals surface area (Å²) < 4.78 is 0. The van der Waals surface area contributed by atoms with Gasteiger partial charge in [0.15, 0.2) is 0 Å². The molecule has 1 heterocycles. The maximum absolute atomic E-state index is 11.6. The number of aromatic amines is 1. The zero-order valence-electron chi connectivity index (χ0n) is 8.94. The summed E-state index contributed by atoms with van der Waals surface area (Å²) in [5.41, 5.74) is 0.875. The Morgan fingerprint density at radius 2 is 1.71 bits per heavy atom. The third-order valence-corrected chi connectivity index (χ3v) is 2.06. The first-order valence-electron chi connectivity index (χ1n) is 5.06. The van der Waals surface area contributed by atoms with Crippen LogP contribution in [0.4, 0.5) is 16.2 Å². The summed E-state index contributed by atoms with van der Waals surface area (Å²) in [5.74, 6) is 0. The highest BCUT2D eigenvalue weighted by Gasteiger charge is 2.01. The van der Waals surface area contributed by atoms with Gasteiger partial charge in [-0.15, -0.1) is 0 Å². The Hall–Kier alpha value is -2.56. The van der Waals surface area contributed by atoms with E-state index < -0.39 is 0 Å². The van der Waals surface area contributed by atoms with E-state index in [1.54, 1.807) is 18.2 Å². The summed E-state index contributed by atoms with van der Waals surface area (Å²) in [6.07, 6.45) is 1.47. The number of amides is 2. The van der Waals surface area contributed by atoms with E-state index in [4.69, 9.17) is 0 Å². The molecule has 0 unspecified atom stereocenters. The van der Waals surface area contributed by atoms with Crippen LogP contribution in [0.5, 0.6) is 0 Å². The Balaban J connectivity index is 2.01. The molecule has 0 radical (unpaired) electrons. The second-order valence-corrected chi connectivity index (χ2v) is 3.39. The maximum Gasteiger partial charge on any atom is 0.323 e. The van der Waals surface area contributed by atoms with Crippen molar-refractivity contribution in [2.45, 2.75) is 0 Å². The van der Waals surface area contributed by atoms with E-state index >= 15 is 0 Å². The van der Waals surface area contributed by atoms with Crippen molar-refractivity contribution >= 4 is 17.4 Å². The van der Waals surface area contributed by atoms with Crippen LogP contribution in [0.3, 0.4) is 0 Å². The van der Waals surface area contributed by atoms with E-state index in [1.807, 2.05) is 18.2 Å². The summed E-state index contributed by atoms with van der Waals surface area (Å²) in [6.45, 7) is 0. The molecule has 2 aromatic rings. The van der Waals surface area contributed by atoms with E-state index in [1.165, 1.54) is 12.3 Å². The van der Waals surface area contributed by atoms with Gasteiger partial charge < -0.3 is 15.6 Å². The molecule has 5 heteroatoms. The second-order valence-electron chi connectivity index (χ2n) is 3.39. The zero-order chi connectivity index (χ0) is 12.1. The lowest BCUT2D eigenvalue weighted by Crippen LogP contribution is -2.20. The number of nitrogens with one attached hydrogen (secondary N) is 3. The topological polar surface area (TPSA) is 74.0 Å². The van der Waals surface area contributed by atoms with E-state index in [2.05, 4.69) is 15.6 Å². The number of para-hydroxylation sites is 1. The minimum atomic E-state index is -0.387. The van der Waals surface area contributed by atoms with Gasteiger partial charge in [0.25, 0.3) is 0 Å². The van der Waals surface area contributed by atoms with Gasteiger partial charge in [0.05, 0.1) is 0 Å². The Kier molecular flexibility index (Phi) is 3.20. The number of benzene rings is 1. The Morgan fingerprint density at radius 3 is 2.41 bits per heavy atom. The highest BCUT2D eigenvalue weighted by Crippen LogP contribution is 2.06. The maximum atomic E-state index is 11.6. The molecule has 0 atom stereocenters. The van der Waals surface area contributed by atoms with Gasteiger partial charge in [0.2, 0.25) is 5.56 Å². The van der Waals surface area contributed by atoms with Crippen LogP contribution in [0, 0.1) is 0 Å². The lowest BCUT2D eigenvalue weighted by molar-refractivity contribution is 0.262. The standard InChI is InChI=1S/C12H11N3O2/c16-11-8-10(6-7-13-11)15-12(17)14-9-4-2-1-3-5-9/h1-8H,(H3,13,14,15,16,17). The molecule has 0 saturated heterocycles. The smallest absolute Gasteiger partial charge is 0.323 e. The van der Waals surface area contributed by atoms with Gasteiger partial charge in [-0.25, -0.2) is 4.79 Å². The van der Waals surface area contributed by atoms with Crippen molar-refractivity contribution in [1.82, 2.24) is 4.98 Å². The van der Waals surface area contributed by atoms with Gasteiger partial charge in [-0.05, 0) is 18.2 Å². The average molecular weight is 229 g/mol. The van der Waals surface area contributed by atoms with Gasteiger partial charge in [-0.2, -0.15) is 0 Å². The molecule has 0 spiro atoms. The van der Waals surface area contributed by atoms with Crippen LogP contribution in [0.2, 0.25) is 0 Å². The summed E-state index contributed by atoms with van der Waals surface area (Å²) >= 11 is 0. The minimum absolute atomic E-state index is 0.262. The Labute approximate surface area is 97.5 Å². The first-order valence-corrected chi connectivity index (χ1v) is 5.06. The van der Waals surface area contributed by atoms with Gasteiger partial charge in [0.1, 0.15) is 0 Å². The van der Waals surface area contributed by atoms with Crippen molar-refractivity contribution in [3.63, 3.8) is 0 Å². The van der Waals surface area contributed by atoms with Crippen LogP contribution in [0.25, 0.3) is 0 Å². The van der Waals surface area contributed by atoms with Crippen molar-refractivity contribution in [1.29, 1.82) is 0 Å². The minimum Gasteiger partial charge on any atom is -0.329 e. The molecular weight excluding hydrogens is 218 g/mol.